The van der Waals surface area contributed by atoms with Crippen LogP contribution in [0.15, 0.2) is 16.8 Å². The first-order valence-corrected chi connectivity index (χ1v) is 7.73. The number of carbonyl (C=O) groups is 1. The number of nitrogens with two attached hydrogens (primary N) is 1. The summed E-state index contributed by atoms with van der Waals surface area (Å²) in [7, 11) is 0. The molecule has 3 N–H and O–H groups in total. The van der Waals surface area contributed by atoms with Crippen LogP contribution in [0.3, 0.4) is 0 Å². The minimum atomic E-state index is -0.424. The van der Waals surface area contributed by atoms with Crippen molar-refractivity contribution in [1.82, 2.24) is 5.32 Å². The van der Waals surface area contributed by atoms with Gasteiger partial charge in [-0.05, 0) is 54.6 Å². The first-order valence-electron chi connectivity index (χ1n) is 6.79. The Kier molecular flexibility index (Phi) is 4.78. The van der Waals surface area contributed by atoms with Gasteiger partial charge in [-0.15, -0.1) is 0 Å². The van der Waals surface area contributed by atoms with Crippen molar-refractivity contribution in [2.45, 2.75) is 50.5 Å². The first-order chi connectivity index (χ1) is 8.73. The van der Waals surface area contributed by atoms with Crippen LogP contribution in [0.4, 0.5) is 0 Å². The zero-order chi connectivity index (χ0) is 12.8. The molecule has 1 aromatic heterocycles. The van der Waals surface area contributed by atoms with Gasteiger partial charge in [-0.1, -0.05) is 19.3 Å². The van der Waals surface area contributed by atoms with Crippen LogP contribution in [0.2, 0.25) is 0 Å². The number of hydrogen-bond acceptors (Lipinski definition) is 3. The fraction of sp³-hybridized carbons (Fsp3) is 0.643. The van der Waals surface area contributed by atoms with E-state index in [1.54, 1.807) is 11.3 Å². The molecule has 1 aliphatic carbocycles. The molecule has 0 radical (unpaired) electrons. The fourth-order valence-corrected chi connectivity index (χ4v) is 3.42. The summed E-state index contributed by atoms with van der Waals surface area (Å²) in [6.45, 7) is 0.874. The maximum Gasteiger partial charge on any atom is 0.237 e. The number of carbonyl (C=O) groups excluding carboxylic acids is 1. The summed E-state index contributed by atoms with van der Waals surface area (Å²) in [5, 5.41) is 7.72. The van der Waals surface area contributed by atoms with E-state index in [-0.39, 0.29) is 5.91 Å². The SMILES string of the molecule is NC(=O)C1(NCCCc2ccsc2)CCCCC1. The van der Waals surface area contributed by atoms with Crippen LogP contribution < -0.4 is 11.1 Å². The van der Waals surface area contributed by atoms with E-state index in [2.05, 4.69) is 22.1 Å². The molecule has 100 valence electrons. The largest absolute Gasteiger partial charge is 0.368 e. The lowest BCUT2D eigenvalue weighted by Crippen LogP contribution is -2.56. The van der Waals surface area contributed by atoms with Gasteiger partial charge in [-0.25, -0.2) is 0 Å². The molecule has 0 saturated heterocycles. The molecule has 0 atom stereocenters. The smallest absolute Gasteiger partial charge is 0.237 e. The van der Waals surface area contributed by atoms with Crippen LogP contribution in [0.25, 0.3) is 0 Å². The lowest BCUT2D eigenvalue weighted by atomic mass is 9.81. The molecule has 0 spiro atoms. The Morgan fingerprint density at radius 1 is 1.39 bits per heavy atom. The van der Waals surface area contributed by atoms with Crippen molar-refractivity contribution in [1.29, 1.82) is 0 Å². The molecular formula is C14H22N2OS. The molecule has 18 heavy (non-hydrogen) atoms. The number of aryl methyl sites for hydroxylation is 1. The second-order valence-corrected chi connectivity index (χ2v) is 5.95. The van der Waals surface area contributed by atoms with Gasteiger partial charge < -0.3 is 11.1 Å². The van der Waals surface area contributed by atoms with Gasteiger partial charge in [0.05, 0.1) is 5.54 Å². The Morgan fingerprint density at radius 3 is 2.78 bits per heavy atom. The molecule has 1 fully saturated rings. The second-order valence-electron chi connectivity index (χ2n) is 5.17. The second kappa shape index (κ2) is 6.34. The van der Waals surface area contributed by atoms with Crippen molar-refractivity contribution in [3.8, 4) is 0 Å². The molecule has 1 aromatic rings. The molecular weight excluding hydrogens is 244 g/mol. The van der Waals surface area contributed by atoms with Crippen molar-refractivity contribution < 1.29 is 4.79 Å². The third-order valence-electron chi connectivity index (χ3n) is 3.86. The number of rotatable bonds is 6. The van der Waals surface area contributed by atoms with Crippen LogP contribution >= 0.6 is 11.3 Å². The third-order valence-corrected chi connectivity index (χ3v) is 4.60. The van der Waals surface area contributed by atoms with Crippen LogP contribution in [-0.4, -0.2) is 18.0 Å². The number of thiophene rings is 1. The average molecular weight is 266 g/mol. The standard InChI is InChI=1S/C14H22N2OS/c15-13(17)14(7-2-1-3-8-14)16-9-4-5-12-6-10-18-11-12/h6,10-11,16H,1-5,7-9H2,(H2,15,17). The molecule has 0 aliphatic heterocycles. The minimum absolute atomic E-state index is 0.169. The lowest BCUT2D eigenvalue weighted by molar-refractivity contribution is -0.125. The van der Waals surface area contributed by atoms with Crippen molar-refractivity contribution in [3.05, 3.63) is 22.4 Å². The van der Waals surface area contributed by atoms with Crippen molar-refractivity contribution >= 4 is 17.2 Å². The van der Waals surface area contributed by atoms with Gasteiger partial charge in [0.2, 0.25) is 5.91 Å². The number of primary amides is 1. The lowest BCUT2D eigenvalue weighted by Gasteiger charge is -2.35. The topological polar surface area (TPSA) is 55.1 Å². The quantitative estimate of drug-likeness (QED) is 0.777. The predicted octanol–water partition coefficient (Wildman–Crippen LogP) is 2.46. The Morgan fingerprint density at radius 2 is 2.17 bits per heavy atom. The Balaban J connectivity index is 1.77. The van der Waals surface area contributed by atoms with Gasteiger partial charge in [-0.2, -0.15) is 11.3 Å². The summed E-state index contributed by atoms with van der Waals surface area (Å²) in [5.41, 5.74) is 6.54. The molecule has 1 saturated carbocycles. The summed E-state index contributed by atoms with van der Waals surface area (Å²) in [6, 6.07) is 2.16. The van der Waals surface area contributed by atoms with Gasteiger partial charge in [0.1, 0.15) is 0 Å². The normalized spacial score (nSPS) is 18.7. The Bertz CT molecular complexity index is 369. The van der Waals surface area contributed by atoms with E-state index >= 15 is 0 Å². The zero-order valence-corrected chi connectivity index (χ0v) is 11.6. The monoisotopic (exact) mass is 266 g/mol. The highest BCUT2D eigenvalue weighted by Crippen LogP contribution is 2.27. The average Bonchev–Trinajstić information content (AvgIpc) is 2.89. The summed E-state index contributed by atoms with van der Waals surface area (Å²) < 4.78 is 0. The maximum absolute atomic E-state index is 11.7. The van der Waals surface area contributed by atoms with Crippen LogP contribution in [0.1, 0.15) is 44.1 Å². The van der Waals surface area contributed by atoms with Crippen LogP contribution in [0.5, 0.6) is 0 Å². The van der Waals surface area contributed by atoms with Crippen molar-refractivity contribution in [2.24, 2.45) is 5.73 Å². The van der Waals surface area contributed by atoms with Crippen LogP contribution in [0, 0.1) is 0 Å². The van der Waals surface area contributed by atoms with E-state index < -0.39 is 5.54 Å². The fourth-order valence-electron chi connectivity index (χ4n) is 2.72. The molecule has 1 heterocycles. The van der Waals surface area contributed by atoms with Gasteiger partial charge in [0.25, 0.3) is 0 Å². The summed E-state index contributed by atoms with van der Waals surface area (Å²) >= 11 is 1.74. The molecule has 2 rings (SSSR count). The third kappa shape index (κ3) is 3.33. The van der Waals surface area contributed by atoms with Gasteiger partial charge in [0.15, 0.2) is 0 Å². The molecule has 3 nitrogen and oxygen atoms in total. The van der Waals surface area contributed by atoms with Gasteiger partial charge in [-0.3, -0.25) is 4.79 Å². The van der Waals surface area contributed by atoms with Gasteiger partial charge >= 0.3 is 0 Å². The maximum atomic E-state index is 11.7. The van der Waals surface area contributed by atoms with E-state index in [4.69, 9.17) is 5.73 Å². The highest BCUT2D eigenvalue weighted by atomic mass is 32.1. The summed E-state index contributed by atoms with van der Waals surface area (Å²) in [6.07, 6.45) is 7.39. The van der Waals surface area contributed by atoms with Gasteiger partial charge in [0, 0.05) is 0 Å². The van der Waals surface area contributed by atoms with E-state index in [9.17, 15) is 4.79 Å². The van der Waals surface area contributed by atoms with Crippen molar-refractivity contribution in [3.63, 3.8) is 0 Å². The van der Waals surface area contributed by atoms with Crippen LogP contribution in [-0.2, 0) is 11.2 Å². The molecule has 0 bridgehead atoms. The number of nitrogens with one attached hydrogen (secondary N) is 1. The van der Waals surface area contributed by atoms with E-state index in [1.807, 2.05) is 0 Å². The van der Waals surface area contributed by atoms with Crippen molar-refractivity contribution in [2.75, 3.05) is 6.54 Å². The molecule has 1 amide bonds. The highest BCUT2D eigenvalue weighted by Gasteiger charge is 2.36. The Labute approximate surface area is 113 Å². The number of hydrogen-bond donors (Lipinski definition) is 2. The molecule has 0 aromatic carbocycles. The number of amides is 1. The molecule has 0 unspecified atom stereocenters. The minimum Gasteiger partial charge on any atom is -0.368 e. The summed E-state index contributed by atoms with van der Waals surface area (Å²) in [4.78, 5) is 11.7. The summed E-state index contributed by atoms with van der Waals surface area (Å²) in [5.74, 6) is -0.169. The zero-order valence-electron chi connectivity index (χ0n) is 10.8. The molecule has 1 aliphatic rings. The predicted molar refractivity (Wildman–Crippen MR) is 75.7 cm³/mol. The first kappa shape index (κ1) is 13.6. The van der Waals surface area contributed by atoms with E-state index in [0.29, 0.717) is 0 Å². The Hall–Kier alpha value is -0.870. The van der Waals surface area contributed by atoms with E-state index in [0.717, 1.165) is 45.1 Å². The molecule has 4 heteroatoms. The highest BCUT2D eigenvalue weighted by molar-refractivity contribution is 7.07. The van der Waals surface area contributed by atoms with E-state index in [1.165, 1.54) is 12.0 Å².